The van der Waals surface area contributed by atoms with Gasteiger partial charge in [-0.2, -0.15) is 5.26 Å². The minimum absolute atomic E-state index is 0.116. The Morgan fingerprint density at radius 2 is 2.00 bits per heavy atom. The van der Waals surface area contributed by atoms with E-state index in [-0.39, 0.29) is 5.56 Å². The van der Waals surface area contributed by atoms with Crippen LogP contribution in [0.3, 0.4) is 0 Å². The summed E-state index contributed by atoms with van der Waals surface area (Å²) in [6, 6.07) is 19.3. The number of nitrogens with zero attached hydrogens (tertiary/aromatic N) is 3. The molecule has 0 spiro atoms. The van der Waals surface area contributed by atoms with Crippen molar-refractivity contribution in [3.05, 3.63) is 76.3 Å². The van der Waals surface area contributed by atoms with Crippen LogP contribution in [0.2, 0.25) is 0 Å². The van der Waals surface area contributed by atoms with Crippen molar-refractivity contribution in [3.8, 4) is 6.07 Å². The highest BCUT2D eigenvalue weighted by atomic mass is 16.1. The van der Waals surface area contributed by atoms with Gasteiger partial charge in [0, 0.05) is 12.1 Å². The topological polar surface area (TPSA) is 74.5 Å². The highest BCUT2D eigenvalue weighted by molar-refractivity contribution is 5.92. The van der Waals surface area contributed by atoms with Crippen LogP contribution in [0, 0.1) is 11.3 Å². The number of aromatic amines is 1. The maximum absolute atomic E-state index is 12.8. The van der Waals surface area contributed by atoms with E-state index < -0.39 is 0 Å². The molecule has 0 amide bonds. The zero-order valence-electron chi connectivity index (χ0n) is 14.2. The van der Waals surface area contributed by atoms with Gasteiger partial charge in [-0.05, 0) is 42.7 Å². The average Bonchev–Trinajstić information content (AvgIpc) is 3.10. The summed E-state index contributed by atoms with van der Waals surface area (Å²) in [6.45, 7) is 2.50. The van der Waals surface area contributed by atoms with Crippen LogP contribution >= 0.6 is 0 Å². The van der Waals surface area contributed by atoms with Gasteiger partial charge < -0.3 is 9.55 Å². The lowest BCUT2D eigenvalue weighted by Gasteiger charge is -2.09. The summed E-state index contributed by atoms with van der Waals surface area (Å²) in [7, 11) is 0. The van der Waals surface area contributed by atoms with E-state index in [1.54, 1.807) is 10.6 Å². The average molecular weight is 340 g/mol. The van der Waals surface area contributed by atoms with E-state index in [4.69, 9.17) is 0 Å². The monoisotopic (exact) mass is 340 g/mol. The largest absolute Gasteiger partial charge is 0.337 e. The number of benzene rings is 2. The van der Waals surface area contributed by atoms with Gasteiger partial charge in [-0.15, -0.1) is 0 Å². The first-order chi connectivity index (χ1) is 12.7. The summed E-state index contributed by atoms with van der Waals surface area (Å²) in [6.07, 6.45) is 1.61. The Kier molecular flexibility index (Phi) is 3.86. The third-order valence-electron chi connectivity index (χ3n) is 4.41. The predicted molar refractivity (Wildman–Crippen MR) is 103 cm³/mol. The van der Waals surface area contributed by atoms with Gasteiger partial charge in [0.05, 0.1) is 22.1 Å². The van der Waals surface area contributed by atoms with Crippen molar-refractivity contribution in [2.24, 2.45) is 0 Å². The lowest BCUT2D eigenvalue weighted by atomic mass is 10.1. The number of nitriles is 1. The fraction of sp³-hybridized carbons (Fsp3) is 0.0952. The Bertz CT molecular complexity index is 1220. The maximum Gasteiger partial charge on any atom is 0.258 e. The third kappa shape index (κ3) is 2.58. The van der Waals surface area contributed by atoms with Crippen LogP contribution < -0.4 is 5.56 Å². The van der Waals surface area contributed by atoms with Crippen LogP contribution in [0.15, 0.2) is 59.4 Å². The minimum Gasteiger partial charge on any atom is -0.337 e. The molecule has 0 aliphatic carbocycles. The zero-order chi connectivity index (χ0) is 18.1. The van der Waals surface area contributed by atoms with Crippen LogP contribution in [0.25, 0.3) is 33.6 Å². The van der Waals surface area contributed by atoms with E-state index in [1.807, 2.05) is 61.5 Å². The van der Waals surface area contributed by atoms with Crippen molar-refractivity contribution in [1.29, 1.82) is 5.26 Å². The van der Waals surface area contributed by atoms with E-state index >= 15 is 0 Å². The van der Waals surface area contributed by atoms with Gasteiger partial charge in [-0.1, -0.05) is 30.3 Å². The van der Waals surface area contributed by atoms with Gasteiger partial charge in [-0.3, -0.25) is 4.79 Å². The molecule has 5 nitrogen and oxygen atoms in total. The van der Waals surface area contributed by atoms with E-state index in [2.05, 4.69) is 16.0 Å². The maximum atomic E-state index is 12.8. The number of nitrogens with one attached hydrogen (secondary N) is 1. The predicted octanol–water partition coefficient (Wildman–Crippen LogP) is 3.96. The number of aromatic nitrogens is 3. The number of aryl methyl sites for hydroxylation is 1. The van der Waals surface area contributed by atoms with Gasteiger partial charge in [0.2, 0.25) is 0 Å². The van der Waals surface area contributed by atoms with E-state index in [1.165, 1.54) is 0 Å². The van der Waals surface area contributed by atoms with Gasteiger partial charge in [0.1, 0.15) is 11.9 Å². The van der Waals surface area contributed by atoms with Crippen LogP contribution in [0.4, 0.5) is 0 Å². The SMILES string of the molecule is CCn1c(=O)c(/C=C(\C#N)c2nc3ccccc3[nH]2)cc2ccccc21. The molecule has 0 saturated heterocycles. The molecule has 0 unspecified atom stereocenters. The molecule has 2 aromatic heterocycles. The first-order valence-corrected chi connectivity index (χ1v) is 8.40. The van der Waals surface area contributed by atoms with Crippen molar-refractivity contribution in [1.82, 2.24) is 14.5 Å². The van der Waals surface area contributed by atoms with E-state index in [0.29, 0.717) is 23.5 Å². The number of H-pyrrole nitrogens is 1. The van der Waals surface area contributed by atoms with E-state index in [0.717, 1.165) is 21.9 Å². The summed E-state index contributed by atoms with van der Waals surface area (Å²) in [5.74, 6) is 0.462. The number of allylic oxidation sites excluding steroid dienone is 1. The first kappa shape index (κ1) is 15.9. The normalized spacial score (nSPS) is 11.8. The number of para-hydroxylation sites is 3. The number of hydrogen-bond donors (Lipinski definition) is 1. The van der Waals surface area contributed by atoms with Crippen molar-refractivity contribution in [2.75, 3.05) is 0 Å². The fourth-order valence-corrected chi connectivity index (χ4v) is 3.16. The third-order valence-corrected chi connectivity index (χ3v) is 4.41. The van der Waals surface area contributed by atoms with Gasteiger partial charge in [-0.25, -0.2) is 4.98 Å². The molecule has 0 aliphatic rings. The first-order valence-electron chi connectivity index (χ1n) is 8.40. The molecule has 1 N–H and O–H groups in total. The second kappa shape index (κ2) is 6.34. The Balaban J connectivity index is 1.92. The molecule has 5 heteroatoms. The molecule has 2 aromatic carbocycles. The number of hydrogen-bond acceptors (Lipinski definition) is 3. The standard InChI is InChI=1S/C21H16N4O/c1-2-25-19-10-6-3-7-14(19)11-15(21(25)26)12-16(13-22)20-23-17-8-4-5-9-18(17)24-20/h3-12H,2H2,1H3,(H,23,24)/b16-12+. The van der Waals surface area contributed by atoms with Crippen molar-refractivity contribution >= 4 is 33.6 Å². The fourth-order valence-electron chi connectivity index (χ4n) is 3.16. The highest BCUT2D eigenvalue weighted by Crippen LogP contribution is 2.20. The molecular formula is C21H16N4O. The molecule has 26 heavy (non-hydrogen) atoms. The molecule has 0 aliphatic heterocycles. The number of imidazole rings is 1. The van der Waals surface area contributed by atoms with Crippen LogP contribution in [0.1, 0.15) is 18.3 Å². The van der Waals surface area contributed by atoms with Crippen molar-refractivity contribution < 1.29 is 0 Å². The molecular weight excluding hydrogens is 324 g/mol. The molecule has 126 valence electrons. The van der Waals surface area contributed by atoms with Crippen LogP contribution in [-0.4, -0.2) is 14.5 Å². The summed E-state index contributed by atoms with van der Waals surface area (Å²) in [4.78, 5) is 20.4. The molecule has 4 rings (SSSR count). The summed E-state index contributed by atoms with van der Waals surface area (Å²) >= 11 is 0. The molecule has 0 atom stereocenters. The van der Waals surface area contributed by atoms with E-state index in [9.17, 15) is 10.1 Å². The molecule has 0 radical (unpaired) electrons. The second-order valence-corrected chi connectivity index (χ2v) is 5.98. The van der Waals surface area contributed by atoms with Crippen LogP contribution in [0.5, 0.6) is 0 Å². The Morgan fingerprint density at radius 1 is 1.23 bits per heavy atom. The number of pyridine rings is 1. The lowest BCUT2D eigenvalue weighted by molar-refractivity contribution is 0.758. The second-order valence-electron chi connectivity index (χ2n) is 5.98. The number of fused-ring (bicyclic) bond motifs is 2. The molecule has 0 bridgehead atoms. The van der Waals surface area contributed by atoms with Crippen molar-refractivity contribution in [3.63, 3.8) is 0 Å². The lowest BCUT2D eigenvalue weighted by Crippen LogP contribution is -2.21. The molecule has 0 fully saturated rings. The van der Waals surface area contributed by atoms with Gasteiger partial charge in [0.25, 0.3) is 5.56 Å². The number of rotatable bonds is 3. The smallest absolute Gasteiger partial charge is 0.258 e. The minimum atomic E-state index is -0.116. The van der Waals surface area contributed by atoms with Gasteiger partial charge >= 0.3 is 0 Å². The molecule has 4 aromatic rings. The van der Waals surface area contributed by atoms with Gasteiger partial charge in [0.15, 0.2) is 0 Å². The van der Waals surface area contributed by atoms with Crippen molar-refractivity contribution in [2.45, 2.75) is 13.5 Å². The summed E-state index contributed by atoms with van der Waals surface area (Å²) < 4.78 is 1.72. The van der Waals surface area contributed by atoms with Crippen LogP contribution in [-0.2, 0) is 6.54 Å². The highest BCUT2D eigenvalue weighted by Gasteiger charge is 2.11. The molecule has 2 heterocycles. The Hall–Kier alpha value is -3.65. The Labute approximate surface area is 149 Å². The quantitative estimate of drug-likeness (QED) is 0.574. The summed E-state index contributed by atoms with van der Waals surface area (Å²) in [5, 5.41) is 10.6. The molecule has 0 saturated carbocycles. The zero-order valence-corrected chi connectivity index (χ0v) is 14.2. The summed E-state index contributed by atoms with van der Waals surface area (Å²) in [5.41, 5.74) is 3.22. The Morgan fingerprint density at radius 3 is 2.77 bits per heavy atom.